The summed E-state index contributed by atoms with van der Waals surface area (Å²) in [7, 11) is 0. The van der Waals surface area contributed by atoms with E-state index in [4.69, 9.17) is 4.74 Å². The van der Waals surface area contributed by atoms with Gasteiger partial charge in [0.2, 0.25) is 0 Å². The van der Waals surface area contributed by atoms with Crippen molar-refractivity contribution in [2.75, 3.05) is 18.1 Å². The molecule has 0 amide bonds. The van der Waals surface area contributed by atoms with Crippen LogP contribution in [0.3, 0.4) is 0 Å². The quantitative estimate of drug-likeness (QED) is 0.623. The van der Waals surface area contributed by atoms with Crippen LogP contribution >= 0.6 is 0 Å². The third-order valence-corrected chi connectivity index (χ3v) is 3.15. The van der Waals surface area contributed by atoms with Crippen molar-refractivity contribution in [2.45, 2.75) is 25.8 Å². The predicted molar refractivity (Wildman–Crippen MR) is 54.8 cm³/mol. The highest BCUT2D eigenvalue weighted by molar-refractivity contribution is 5.58. The first-order valence-corrected chi connectivity index (χ1v) is 5.21. The number of pyridine rings is 1. The van der Waals surface area contributed by atoms with Gasteiger partial charge in [0, 0.05) is 12.7 Å². The molecule has 0 unspecified atom stereocenters. The summed E-state index contributed by atoms with van der Waals surface area (Å²) < 4.78 is 5.76. The average molecular weight is 190 g/mol. The molecule has 1 aromatic heterocycles. The molecule has 3 heteroatoms. The molecule has 0 aromatic carbocycles. The molecule has 3 nitrogen and oxygen atoms in total. The van der Waals surface area contributed by atoms with Crippen LogP contribution in [0.2, 0.25) is 0 Å². The van der Waals surface area contributed by atoms with Crippen molar-refractivity contribution in [3.05, 3.63) is 17.8 Å². The Labute approximate surface area is 83.7 Å². The van der Waals surface area contributed by atoms with Crippen LogP contribution in [0.15, 0.2) is 12.3 Å². The molecule has 1 fully saturated rings. The molecule has 1 saturated heterocycles. The Hall–Kier alpha value is -1.25. The zero-order chi connectivity index (χ0) is 9.54. The van der Waals surface area contributed by atoms with E-state index in [1.807, 2.05) is 12.3 Å². The van der Waals surface area contributed by atoms with Crippen LogP contribution in [-0.4, -0.2) is 24.2 Å². The molecule has 1 atom stereocenters. The first kappa shape index (κ1) is 8.09. The molecular formula is C11H14N2O. The number of ether oxygens (including phenoxy) is 1. The predicted octanol–water partition coefficient (Wildman–Crippen LogP) is 1.75. The number of hydrogen-bond donors (Lipinski definition) is 0. The number of rotatable bonds is 0. The molecular weight excluding hydrogens is 176 g/mol. The van der Waals surface area contributed by atoms with Gasteiger partial charge in [0.05, 0.1) is 6.04 Å². The highest BCUT2D eigenvalue weighted by Gasteiger charge is 2.32. The number of aryl methyl sites for hydroxylation is 1. The van der Waals surface area contributed by atoms with Crippen LogP contribution in [0.25, 0.3) is 0 Å². The summed E-state index contributed by atoms with van der Waals surface area (Å²) >= 11 is 0. The first-order chi connectivity index (χ1) is 6.86. The van der Waals surface area contributed by atoms with Gasteiger partial charge in [-0.3, -0.25) is 0 Å². The van der Waals surface area contributed by atoms with Crippen molar-refractivity contribution < 1.29 is 4.74 Å². The maximum atomic E-state index is 5.76. The number of hydrogen-bond acceptors (Lipinski definition) is 3. The zero-order valence-electron chi connectivity index (χ0n) is 8.36. The molecule has 0 bridgehead atoms. The van der Waals surface area contributed by atoms with Crippen LogP contribution in [0.1, 0.15) is 18.4 Å². The third-order valence-electron chi connectivity index (χ3n) is 3.15. The molecule has 0 radical (unpaired) electrons. The largest absolute Gasteiger partial charge is 0.487 e. The minimum absolute atomic E-state index is 0.566. The van der Waals surface area contributed by atoms with E-state index in [2.05, 4.69) is 16.8 Å². The molecule has 1 aromatic rings. The van der Waals surface area contributed by atoms with Crippen molar-refractivity contribution in [3.8, 4) is 5.75 Å². The Balaban J connectivity index is 2.09. The second-order valence-corrected chi connectivity index (χ2v) is 4.08. The van der Waals surface area contributed by atoms with Crippen molar-refractivity contribution in [1.29, 1.82) is 0 Å². The maximum absolute atomic E-state index is 5.76. The SMILES string of the molecule is Cc1ccnc2c1OC[C@@H]1CCCN21. The molecule has 2 aliphatic rings. The fraction of sp³-hybridized carbons (Fsp3) is 0.545. The lowest BCUT2D eigenvalue weighted by Crippen LogP contribution is -2.38. The molecule has 0 N–H and O–H groups in total. The van der Waals surface area contributed by atoms with Crippen molar-refractivity contribution in [2.24, 2.45) is 0 Å². The highest BCUT2D eigenvalue weighted by Crippen LogP contribution is 2.37. The monoisotopic (exact) mass is 190 g/mol. The van der Waals surface area contributed by atoms with Gasteiger partial charge in [0.1, 0.15) is 6.61 Å². The fourth-order valence-electron chi connectivity index (χ4n) is 2.38. The number of nitrogens with zero attached hydrogens (tertiary/aromatic N) is 2. The van der Waals surface area contributed by atoms with Crippen LogP contribution in [-0.2, 0) is 0 Å². The molecule has 74 valence electrons. The van der Waals surface area contributed by atoms with Gasteiger partial charge in [-0.05, 0) is 31.4 Å². The van der Waals surface area contributed by atoms with Gasteiger partial charge in [0.15, 0.2) is 11.6 Å². The fourth-order valence-corrected chi connectivity index (χ4v) is 2.38. The lowest BCUT2D eigenvalue weighted by molar-refractivity contribution is 0.268. The van der Waals surface area contributed by atoms with Crippen molar-refractivity contribution >= 4 is 5.82 Å². The summed E-state index contributed by atoms with van der Waals surface area (Å²) in [5.74, 6) is 2.05. The topological polar surface area (TPSA) is 25.4 Å². The minimum Gasteiger partial charge on any atom is -0.487 e. The van der Waals surface area contributed by atoms with E-state index in [1.54, 1.807) is 0 Å². The third kappa shape index (κ3) is 1.01. The van der Waals surface area contributed by atoms with Crippen molar-refractivity contribution in [3.63, 3.8) is 0 Å². The summed E-state index contributed by atoms with van der Waals surface area (Å²) in [6.07, 6.45) is 4.39. The Bertz CT molecular complexity index is 364. The summed E-state index contributed by atoms with van der Waals surface area (Å²) in [6, 6.07) is 2.58. The Morgan fingerprint density at radius 3 is 3.43 bits per heavy atom. The summed E-state index contributed by atoms with van der Waals surface area (Å²) in [5.41, 5.74) is 1.19. The molecule has 14 heavy (non-hydrogen) atoms. The average Bonchev–Trinajstić information content (AvgIpc) is 2.66. The second-order valence-electron chi connectivity index (χ2n) is 4.08. The molecule has 3 heterocycles. The second kappa shape index (κ2) is 2.87. The standard InChI is InChI=1S/C11H14N2O/c1-8-4-5-12-11-10(8)14-7-9-3-2-6-13(9)11/h4-5,9H,2-3,6-7H2,1H3/t9-/m0/s1. The lowest BCUT2D eigenvalue weighted by atomic mass is 10.2. The first-order valence-electron chi connectivity index (χ1n) is 5.21. The van der Waals surface area contributed by atoms with Gasteiger partial charge in [-0.2, -0.15) is 0 Å². The Morgan fingerprint density at radius 1 is 1.57 bits per heavy atom. The highest BCUT2D eigenvalue weighted by atomic mass is 16.5. The molecule has 0 spiro atoms. The van der Waals surface area contributed by atoms with Crippen LogP contribution < -0.4 is 9.64 Å². The summed E-state index contributed by atoms with van der Waals surface area (Å²) in [4.78, 5) is 6.82. The van der Waals surface area contributed by atoms with Crippen LogP contribution in [0, 0.1) is 6.92 Å². The molecule has 0 saturated carbocycles. The number of anilines is 1. The van der Waals surface area contributed by atoms with Gasteiger partial charge in [-0.1, -0.05) is 0 Å². The zero-order valence-corrected chi connectivity index (χ0v) is 8.36. The summed E-state index contributed by atoms with van der Waals surface area (Å²) in [5, 5.41) is 0. The number of aromatic nitrogens is 1. The normalized spacial score (nSPS) is 24.1. The molecule has 3 rings (SSSR count). The Kier molecular flexibility index (Phi) is 1.66. The van der Waals surface area contributed by atoms with E-state index in [9.17, 15) is 0 Å². The van der Waals surface area contributed by atoms with Gasteiger partial charge in [0.25, 0.3) is 0 Å². The summed E-state index contributed by atoms with van der Waals surface area (Å²) in [6.45, 7) is 4.05. The van der Waals surface area contributed by atoms with Crippen molar-refractivity contribution in [1.82, 2.24) is 4.98 Å². The van der Waals surface area contributed by atoms with Gasteiger partial charge >= 0.3 is 0 Å². The van der Waals surface area contributed by atoms with E-state index >= 15 is 0 Å². The minimum atomic E-state index is 0.566. The van der Waals surface area contributed by atoms with E-state index in [1.165, 1.54) is 18.4 Å². The van der Waals surface area contributed by atoms with Gasteiger partial charge in [-0.15, -0.1) is 0 Å². The van der Waals surface area contributed by atoms with Gasteiger partial charge < -0.3 is 9.64 Å². The van der Waals surface area contributed by atoms with E-state index in [-0.39, 0.29) is 0 Å². The lowest BCUT2D eigenvalue weighted by Gasteiger charge is -2.32. The van der Waals surface area contributed by atoms with Crippen LogP contribution in [0.5, 0.6) is 5.75 Å². The van der Waals surface area contributed by atoms with E-state index in [0.717, 1.165) is 24.7 Å². The smallest absolute Gasteiger partial charge is 0.172 e. The van der Waals surface area contributed by atoms with E-state index in [0.29, 0.717) is 6.04 Å². The maximum Gasteiger partial charge on any atom is 0.172 e. The molecule has 2 aliphatic heterocycles. The van der Waals surface area contributed by atoms with E-state index < -0.39 is 0 Å². The number of fused-ring (bicyclic) bond motifs is 3. The van der Waals surface area contributed by atoms with Crippen LogP contribution in [0.4, 0.5) is 5.82 Å². The Morgan fingerprint density at radius 2 is 2.50 bits per heavy atom. The van der Waals surface area contributed by atoms with Gasteiger partial charge in [-0.25, -0.2) is 4.98 Å². The molecule has 0 aliphatic carbocycles.